The van der Waals surface area contributed by atoms with Crippen LogP contribution < -0.4 is 10.1 Å². The number of amides is 1. The van der Waals surface area contributed by atoms with E-state index in [0.717, 1.165) is 49.9 Å². The molecule has 33 heavy (non-hydrogen) atoms. The van der Waals surface area contributed by atoms with Gasteiger partial charge in [0.05, 0.1) is 30.0 Å². The molecule has 0 saturated carbocycles. The maximum Gasteiger partial charge on any atom is 0.411 e. The third kappa shape index (κ3) is 5.01. The minimum Gasteiger partial charge on any atom is -0.481 e. The van der Waals surface area contributed by atoms with Gasteiger partial charge in [-0.3, -0.25) is 10.3 Å². The third-order valence-corrected chi connectivity index (χ3v) is 6.40. The van der Waals surface area contributed by atoms with Crippen molar-refractivity contribution in [1.29, 1.82) is 0 Å². The van der Waals surface area contributed by atoms with Crippen LogP contribution in [0, 0.1) is 0 Å². The first kappa shape index (κ1) is 21.5. The fraction of sp³-hybridized carbons (Fsp3) is 0.348. The molecule has 9 nitrogen and oxygen atoms in total. The highest BCUT2D eigenvalue weighted by Gasteiger charge is 2.22. The van der Waals surface area contributed by atoms with Gasteiger partial charge in [-0.2, -0.15) is 8.75 Å². The van der Waals surface area contributed by atoms with E-state index < -0.39 is 6.09 Å². The Morgan fingerprint density at radius 2 is 1.94 bits per heavy atom. The molecule has 4 aromatic rings. The Morgan fingerprint density at radius 3 is 2.79 bits per heavy atom. The number of benzene rings is 1. The Kier molecular flexibility index (Phi) is 6.27. The zero-order valence-electron chi connectivity index (χ0n) is 18.2. The second-order valence-corrected chi connectivity index (χ2v) is 8.52. The zero-order valence-corrected chi connectivity index (χ0v) is 19.0. The van der Waals surface area contributed by atoms with Crippen molar-refractivity contribution in [3.05, 3.63) is 48.2 Å². The van der Waals surface area contributed by atoms with Gasteiger partial charge in [0.25, 0.3) is 0 Å². The van der Waals surface area contributed by atoms with E-state index in [1.54, 1.807) is 31.5 Å². The monoisotopic (exact) mass is 464 g/mol. The van der Waals surface area contributed by atoms with Crippen LogP contribution in [0.5, 0.6) is 5.88 Å². The highest BCUT2D eigenvalue weighted by Crippen LogP contribution is 2.23. The maximum absolute atomic E-state index is 12.5. The van der Waals surface area contributed by atoms with Gasteiger partial charge in [-0.25, -0.2) is 9.78 Å². The van der Waals surface area contributed by atoms with E-state index in [1.807, 2.05) is 6.07 Å². The lowest BCUT2D eigenvalue weighted by atomic mass is 10.1. The van der Waals surface area contributed by atoms with E-state index >= 15 is 0 Å². The van der Waals surface area contributed by atoms with Crippen molar-refractivity contribution in [2.24, 2.45) is 0 Å². The number of fused-ring (bicyclic) bond motifs is 2. The average Bonchev–Trinajstić information content (AvgIpc) is 3.31. The molecular weight excluding hydrogens is 440 g/mol. The normalized spacial score (nSPS) is 15.1. The van der Waals surface area contributed by atoms with Crippen LogP contribution in [0.15, 0.2) is 42.6 Å². The van der Waals surface area contributed by atoms with Crippen LogP contribution >= 0.6 is 11.7 Å². The van der Waals surface area contributed by atoms with Gasteiger partial charge >= 0.3 is 6.09 Å². The van der Waals surface area contributed by atoms with Gasteiger partial charge in [0.2, 0.25) is 5.88 Å². The summed E-state index contributed by atoms with van der Waals surface area (Å²) >= 11 is 1.25. The van der Waals surface area contributed by atoms with E-state index in [9.17, 15) is 4.79 Å². The van der Waals surface area contributed by atoms with E-state index in [0.29, 0.717) is 22.6 Å². The van der Waals surface area contributed by atoms with Gasteiger partial charge in [-0.05, 0) is 49.1 Å². The number of nitrogens with zero attached hydrogens (tertiary/aromatic N) is 5. The van der Waals surface area contributed by atoms with Crippen LogP contribution in [0.1, 0.15) is 18.4 Å². The minimum atomic E-state index is -0.476. The number of pyridine rings is 2. The SMILES string of the molecule is COc1ccc2nccc(NC(=O)OC3CCN(CCc4ccc5nsnc5c4)CC3)c2n1. The van der Waals surface area contributed by atoms with Gasteiger partial charge in [-0.1, -0.05) is 6.07 Å². The highest BCUT2D eigenvalue weighted by atomic mass is 32.1. The van der Waals surface area contributed by atoms with Gasteiger partial charge in [0.1, 0.15) is 22.7 Å². The number of aromatic nitrogens is 4. The van der Waals surface area contributed by atoms with Gasteiger partial charge in [0.15, 0.2) is 0 Å². The Morgan fingerprint density at radius 1 is 1.12 bits per heavy atom. The summed E-state index contributed by atoms with van der Waals surface area (Å²) in [5.41, 5.74) is 4.97. The van der Waals surface area contributed by atoms with Crippen molar-refractivity contribution in [2.75, 3.05) is 32.1 Å². The molecule has 4 heterocycles. The quantitative estimate of drug-likeness (QED) is 0.458. The molecule has 1 aliphatic heterocycles. The topological polar surface area (TPSA) is 102 Å². The summed E-state index contributed by atoms with van der Waals surface area (Å²) in [6, 6.07) is 11.5. The van der Waals surface area contributed by atoms with Crippen molar-refractivity contribution >= 4 is 45.6 Å². The highest BCUT2D eigenvalue weighted by molar-refractivity contribution is 7.00. The molecule has 0 unspecified atom stereocenters. The van der Waals surface area contributed by atoms with Crippen molar-refractivity contribution in [2.45, 2.75) is 25.4 Å². The summed E-state index contributed by atoms with van der Waals surface area (Å²) in [5, 5.41) is 2.81. The van der Waals surface area contributed by atoms with Gasteiger partial charge in [-0.15, -0.1) is 0 Å². The van der Waals surface area contributed by atoms with Crippen LogP contribution in [0.3, 0.4) is 0 Å². The van der Waals surface area contributed by atoms with Crippen LogP contribution in [-0.2, 0) is 11.2 Å². The molecule has 170 valence electrons. The summed E-state index contributed by atoms with van der Waals surface area (Å²) in [5.74, 6) is 0.461. The molecule has 1 N–H and O–H groups in total. The maximum atomic E-state index is 12.5. The first-order valence-electron chi connectivity index (χ1n) is 10.9. The standard InChI is InChI=1S/C23H24N6O3S/c1-31-21-5-4-18-22(26-21)19(6-10-24-18)25-23(30)32-16-8-12-29(13-9-16)11-7-15-2-3-17-20(14-15)28-33-27-17/h2-6,10,14,16H,7-9,11-13H2,1H3,(H,24,25,30). The summed E-state index contributed by atoms with van der Waals surface area (Å²) in [4.78, 5) is 23.6. The number of rotatable bonds is 6. The predicted molar refractivity (Wildman–Crippen MR) is 127 cm³/mol. The summed E-state index contributed by atoms with van der Waals surface area (Å²) in [6.07, 6.45) is 3.64. The first-order chi connectivity index (χ1) is 16.2. The zero-order chi connectivity index (χ0) is 22.6. The van der Waals surface area contributed by atoms with Gasteiger partial charge in [0, 0.05) is 31.9 Å². The van der Waals surface area contributed by atoms with Crippen molar-refractivity contribution in [3.63, 3.8) is 0 Å². The molecule has 1 saturated heterocycles. The van der Waals surface area contributed by atoms with Crippen LogP contribution in [0.2, 0.25) is 0 Å². The Bertz CT molecular complexity index is 1270. The van der Waals surface area contributed by atoms with E-state index in [2.05, 4.69) is 41.1 Å². The average molecular weight is 465 g/mol. The van der Waals surface area contributed by atoms with Gasteiger partial charge < -0.3 is 14.4 Å². The molecule has 1 amide bonds. The number of carbonyl (C=O) groups is 1. The Hall–Kier alpha value is -3.37. The molecule has 3 aromatic heterocycles. The number of anilines is 1. The largest absolute Gasteiger partial charge is 0.481 e. The molecule has 0 spiro atoms. The number of ether oxygens (including phenoxy) is 2. The lowest BCUT2D eigenvalue weighted by Gasteiger charge is -2.31. The molecule has 0 aliphatic carbocycles. The number of piperidine rings is 1. The molecule has 0 atom stereocenters. The van der Waals surface area contributed by atoms with Crippen LogP contribution in [0.4, 0.5) is 10.5 Å². The number of likely N-dealkylation sites (tertiary alicyclic amines) is 1. The van der Waals surface area contributed by atoms with Crippen molar-refractivity contribution in [3.8, 4) is 5.88 Å². The minimum absolute atomic E-state index is 0.103. The van der Waals surface area contributed by atoms with E-state index in [4.69, 9.17) is 9.47 Å². The summed E-state index contributed by atoms with van der Waals surface area (Å²) < 4.78 is 19.4. The molecule has 1 fully saturated rings. The molecule has 10 heteroatoms. The van der Waals surface area contributed by atoms with Crippen molar-refractivity contribution < 1.29 is 14.3 Å². The molecule has 0 bridgehead atoms. The lowest BCUT2D eigenvalue weighted by molar-refractivity contribution is 0.0593. The number of hydrogen-bond acceptors (Lipinski definition) is 9. The first-order valence-corrected chi connectivity index (χ1v) is 11.6. The number of methoxy groups -OCH3 is 1. The molecule has 5 rings (SSSR count). The second kappa shape index (κ2) is 9.63. The summed E-state index contributed by atoms with van der Waals surface area (Å²) in [6.45, 7) is 2.77. The summed E-state index contributed by atoms with van der Waals surface area (Å²) in [7, 11) is 1.55. The molecule has 1 aliphatic rings. The lowest BCUT2D eigenvalue weighted by Crippen LogP contribution is -2.39. The third-order valence-electron chi connectivity index (χ3n) is 5.85. The molecular formula is C23H24N6O3S. The smallest absolute Gasteiger partial charge is 0.411 e. The van der Waals surface area contributed by atoms with E-state index in [1.165, 1.54) is 17.3 Å². The number of nitrogens with one attached hydrogen (secondary N) is 1. The fourth-order valence-electron chi connectivity index (χ4n) is 4.03. The number of carbonyl (C=O) groups excluding carboxylic acids is 1. The molecule has 0 radical (unpaired) electrons. The van der Waals surface area contributed by atoms with Crippen molar-refractivity contribution in [1.82, 2.24) is 23.6 Å². The Balaban J connectivity index is 1.11. The van der Waals surface area contributed by atoms with E-state index in [-0.39, 0.29) is 6.10 Å². The Labute approximate surface area is 195 Å². The second-order valence-electron chi connectivity index (χ2n) is 7.99. The fourth-order valence-corrected chi connectivity index (χ4v) is 4.55. The van der Waals surface area contributed by atoms with Crippen LogP contribution in [0.25, 0.3) is 22.1 Å². The van der Waals surface area contributed by atoms with Crippen LogP contribution in [-0.4, -0.2) is 62.6 Å². The predicted octanol–water partition coefficient (Wildman–Crippen LogP) is 3.90. The molecule has 1 aromatic carbocycles. The number of hydrogen-bond donors (Lipinski definition) is 1.